The Labute approximate surface area is 171 Å². The van der Waals surface area contributed by atoms with Gasteiger partial charge >= 0.3 is 0 Å². The topological polar surface area (TPSA) is 76.0 Å². The first-order chi connectivity index (χ1) is 13.8. The fraction of sp³-hybridized carbons (Fsp3) is 0.522. The molecule has 4 saturated carbocycles. The summed E-state index contributed by atoms with van der Waals surface area (Å²) in [5.41, 5.74) is 2.21. The smallest absolute Gasteiger partial charge is 0.230 e. The van der Waals surface area contributed by atoms with Crippen molar-refractivity contribution < 1.29 is 9.59 Å². The molecular formula is C23H28N4O2. The van der Waals surface area contributed by atoms with Crippen LogP contribution < -0.4 is 10.6 Å². The minimum Gasteiger partial charge on any atom is -0.351 e. The minimum absolute atomic E-state index is 0.0203. The summed E-state index contributed by atoms with van der Waals surface area (Å²) in [7, 11) is 0. The summed E-state index contributed by atoms with van der Waals surface area (Å²) in [4.78, 5) is 25.2. The number of hydrogen-bond donors (Lipinski definition) is 2. The standard InChI is InChI=1S/C23H28N4O2/c1-15-7-8-27(26-15)20-5-3-19(4-6-20)24-21(29)22-10-17-9-18(11-22)13-23(12-17,14-22)25-16(2)28/h3-8,17-18H,9-14H2,1-2H3,(H,24,29)(H,25,28). The van der Waals surface area contributed by atoms with Crippen LogP contribution in [0.5, 0.6) is 0 Å². The van der Waals surface area contributed by atoms with E-state index in [4.69, 9.17) is 0 Å². The van der Waals surface area contributed by atoms with Gasteiger partial charge in [-0.05, 0) is 87.6 Å². The molecule has 0 aliphatic heterocycles. The molecule has 1 aromatic carbocycles. The van der Waals surface area contributed by atoms with E-state index in [1.54, 1.807) is 6.92 Å². The lowest BCUT2D eigenvalue weighted by molar-refractivity contribution is -0.148. The highest BCUT2D eigenvalue weighted by molar-refractivity contribution is 5.96. The molecule has 29 heavy (non-hydrogen) atoms. The molecule has 2 aromatic rings. The lowest BCUT2D eigenvalue weighted by Gasteiger charge is -2.61. The molecule has 2 atom stereocenters. The van der Waals surface area contributed by atoms with Crippen LogP contribution in [0, 0.1) is 24.2 Å². The zero-order valence-electron chi connectivity index (χ0n) is 17.1. The average Bonchev–Trinajstić information content (AvgIpc) is 3.06. The van der Waals surface area contributed by atoms with E-state index in [2.05, 4.69) is 15.7 Å². The van der Waals surface area contributed by atoms with E-state index in [0.29, 0.717) is 11.8 Å². The van der Waals surface area contributed by atoms with Crippen LogP contribution in [0.2, 0.25) is 0 Å². The van der Waals surface area contributed by atoms with Crippen LogP contribution in [-0.4, -0.2) is 27.1 Å². The molecule has 6 heteroatoms. The van der Waals surface area contributed by atoms with Crippen molar-refractivity contribution in [1.29, 1.82) is 0 Å². The molecule has 6 nitrogen and oxygen atoms in total. The molecule has 6 rings (SSSR count). The van der Waals surface area contributed by atoms with Crippen molar-refractivity contribution in [3.05, 3.63) is 42.2 Å². The Hall–Kier alpha value is -2.63. The van der Waals surface area contributed by atoms with Gasteiger partial charge in [-0.25, -0.2) is 4.68 Å². The number of nitrogens with one attached hydrogen (secondary N) is 2. The average molecular weight is 393 g/mol. The molecule has 4 bridgehead atoms. The number of anilines is 1. The maximum atomic E-state index is 13.4. The van der Waals surface area contributed by atoms with Crippen LogP contribution in [0.4, 0.5) is 5.69 Å². The lowest BCUT2D eigenvalue weighted by atomic mass is 9.46. The lowest BCUT2D eigenvalue weighted by Crippen LogP contribution is -2.65. The Kier molecular flexibility index (Phi) is 4.09. The quantitative estimate of drug-likeness (QED) is 0.835. The SMILES string of the molecule is CC(=O)NC12CC3CC(C1)CC(C(=O)Nc1ccc(-n4ccc(C)n4)cc1)(C3)C2. The summed E-state index contributed by atoms with van der Waals surface area (Å²) >= 11 is 0. The maximum absolute atomic E-state index is 13.4. The molecular weight excluding hydrogens is 364 g/mol. The number of aryl methyl sites for hydroxylation is 1. The van der Waals surface area contributed by atoms with E-state index in [1.165, 1.54) is 6.42 Å². The molecule has 1 aromatic heterocycles. The van der Waals surface area contributed by atoms with Gasteiger partial charge in [-0.3, -0.25) is 9.59 Å². The van der Waals surface area contributed by atoms with Gasteiger partial charge in [0.2, 0.25) is 11.8 Å². The van der Waals surface area contributed by atoms with Gasteiger partial charge in [0.15, 0.2) is 0 Å². The fourth-order valence-corrected chi connectivity index (χ4v) is 6.57. The number of rotatable bonds is 4. The molecule has 1 heterocycles. The maximum Gasteiger partial charge on any atom is 0.230 e. The summed E-state index contributed by atoms with van der Waals surface area (Å²) in [5.74, 6) is 1.22. The van der Waals surface area contributed by atoms with Crippen molar-refractivity contribution in [3.63, 3.8) is 0 Å². The number of carbonyl (C=O) groups is 2. The van der Waals surface area contributed by atoms with Crippen molar-refractivity contribution in [3.8, 4) is 5.69 Å². The highest BCUT2D eigenvalue weighted by atomic mass is 16.2. The molecule has 152 valence electrons. The Balaban J connectivity index is 1.34. The largest absolute Gasteiger partial charge is 0.351 e. The first-order valence-electron chi connectivity index (χ1n) is 10.6. The number of nitrogens with zero attached hydrogens (tertiary/aromatic N) is 2. The van der Waals surface area contributed by atoms with Crippen LogP contribution in [0.3, 0.4) is 0 Å². The highest BCUT2D eigenvalue weighted by Crippen LogP contribution is 2.61. The van der Waals surface area contributed by atoms with Crippen molar-refractivity contribution in [2.45, 2.75) is 57.9 Å². The predicted molar refractivity (Wildman–Crippen MR) is 111 cm³/mol. The third-order valence-electron chi connectivity index (χ3n) is 7.10. The monoisotopic (exact) mass is 392 g/mol. The first kappa shape index (κ1) is 18.4. The first-order valence-corrected chi connectivity index (χ1v) is 10.6. The van der Waals surface area contributed by atoms with E-state index in [1.807, 2.05) is 48.1 Å². The van der Waals surface area contributed by atoms with Crippen LogP contribution >= 0.6 is 0 Å². The highest BCUT2D eigenvalue weighted by Gasteiger charge is 2.60. The normalized spacial score (nSPS) is 32.2. The third-order valence-corrected chi connectivity index (χ3v) is 7.10. The number of hydrogen-bond acceptors (Lipinski definition) is 3. The van der Waals surface area contributed by atoms with Crippen molar-refractivity contribution in [1.82, 2.24) is 15.1 Å². The minimum atomic E-state index is -0.357. The van der Waals surface area contributed by atoms with E-state index in [9.17, 15) is 9.59 Å². The Morgan fingerprint density at radius 2 is 1.76 bits per heavy atom. The summed E-state index contributed by atoms with van der Waals surface area (Å²) in [6, 6.07) is 9.79. The second-order valence-corrected chi connectivity index (χ2v) is 9.61. The molecule has 2 unspecified atom stereocenters. The van der Waals surface area contributed by atoms with Gasteiger partial charge < -0.3 is 10.6 Å². The predicted octanol–water partition coefficient (Wildman–Crippen LogP) is 3.59. The molecule has 4 fully saturated rings. The Morgan fingerprint density at radius 3 is 2.34 bits per heavy atom. The van der Waals surface area contributed by atoms with Crippen LogP contribution in [0.1, 0.15) is 51.1 Å². The molecule has 0 spiro atoms. The van der Waals surface area contributed by atoms with E-state index in [-0.39, 0.29) is 22.8 Å². The second kappa shape index (κ2) is 6.44. The van der Waals surface area contributed by atoms with Gasteiger partial charge in [0.1, 0.15) is 0 Å². The number of benzene rings is 1. The second-order valence-electron chi connectivity index (χ2n) is 9.61. The summed E-state index contributed by atoms with van der Waals surface area (Å²) < 4.78 is 1.83. The van der Waals surface area contributed by atoms with Gasteiger partial charge in [-0.1, -0.05) is 0 Å². The van der Waals surface area contributed by atoms with Crippen LogP contribution in [-0.2, 0) is 9.59 Å². The van der Waals surface area contributed by atoms with E-state index < -0.39 is 0 Å². The molecule has 4 aliphatic rings. The number of carbonyl (C=O) groups excluding carboxylic acids is 2. The zero-order chi connectivity index (χ0) is 20.2. The van der Waals surface area contributed by atoms with Crippen molar-refractivity contribution >= 4 is 17.5 Å². The Morgan fingerprint density at radius 1 is 1.07 bits per heavy atom. The molecule has 4 aliphatic carbocycles. The summed E-state index contributed by atoms with van der Waals surface area (Å²) in [6.45, 7) is 3.55. The summed E-state index contributed by atoms with van der Waals surface area (Å²) in [6.07, 6.45) is 7.84. The number of amides is 2. The van der Waals surface area contributed by atoms with Gasteiger partial charge in [-0.2, -0.15) is 5.10 Å². The molecule has 2 amide bonds. The molecule has 0 saturated heterocycles. The Bertz CT molecular complexity index is 948. The van der Waals surface area contributed by atoms with E-state index in [0.717, 1.165) is 49.2 Å². The molecule has 0 radical (unpaired) electrons. The van der Waals surface area contributed by atoms with Gasteiger partial charge in [0.05, 0.1) is 16.8 Å². The van der Waals surface area contributed by atoms with Gasteiger partial charge in [0.25, 0.3) is 0 Å². The van der Waals surface area contributed by atoms with Crippen molar-refractivity contribution in [2.75, 3.05) is 5.32 Å². The van der Waals surface area contributed by atoms with E-state index >= 15 is 0 Å². The van der Waals surface area contributed by atoms with Crippen LogP contribution in [0.25, 0.3) is 5.69 Å². The number of aromatic nitrogens is 2. The van der Waals surface area contributed by atoms with Crippen LogP contribution in [0.15, 0.2) is 36.5 Å². The van der Waals surface area contributed by atoms with Gasteiger partial charge in [0, 0.05) is 24.3 Å². The molecule has 2 N–H and O–H groups in total. The fourth-order valence-electron chi connectivity index (χ4n) is 6.57. The third kappa shape index (κ3) is 3.24. The zero-order valence-corrected chi connectivity index (χ0v) is 17.1. The summed E-state index contributed by atoms with van der Waals surface area (Å²) in [5, 5.41) is 10.8. The van der Waals surface area contributed by atoms with Gasteiger partial charge in [-0.15, -0.1) is 0 Å². The van der Waals surface area contributed by atoms with Crippen molar-refractivity contribution in [2.24, 2.45) is 17.3 Å².